The van der Waals surface area contributed by atoms with Crippen LogP contribution in [0.3, 0.4) is 0 Å². The summed E-state index contributed by atoms with van der Waals surface area (Å²) in [6.45, 7) is 11.9. The number of aromatic nitrogens is 6. The number of hydrogen-bond donors (Lipinski definition) is 3. The van der Waals surface area contributed by atoms with Gasteiger partial charge < -0.3 is 34.4 Å². The molecule has 53 heavy (non-hydrogen) atoms. The number of phenolic OH excluding ortho intramolecular Hbond substituents is 1. The molecule has 4 aromatic heterocycles. The Morgan fingerprint density at radius 1 is 1.00 bits per heavy atom. The van der Waals surface area contributed by atoms with Crippen LogP contribution < -0.4 is 9.80 Å². The van der Waals surface area contributed by atoms with Gasteiger partial charge in [-0.1, -0.05) is 31.1 Å². The number of nitrogens with zero attached hydrogens (tertiary/aromatic N) is 8. The molecule has 3 N–H and O–H groups in total. The van der Waals surface area contributed by atoms with Crippen LogP contribution >= 0.6 is 0 Å². The lowest BCUT2D eigenvalue weighted by molar-refractivity contribution is -0.140. The summed E-state index contributed by atoms with van der Waals surface area (Å²) in [4.78, 5) is 32.1. The van der Waals surface area contributed by atoms with Crippen LogP contribution in [0.5, 0.6) is 5.75 Å². The molecule has 8 rings (SSSR count). The van der Waals surface area contributed by atoms with Crippen molar-refractivity contribution in [3.63, 3.8) is 0 Å². The maximum Gasteiger partial charge on any atom is 0.314 e. The molecule has 1 unspecified atom stereocenters. The number of likely N-dealkylation sites (tertiary alicyclic amines) is 1. The van der Waals surface area contributed by atoms with E-state index in [2.05, 4.69) is 42.0 Å². The maximum absolute atomic E-state index is 11.7. The first-order valence-corrected chi connectivity index (χ1v) is 19.1. The molecule has 0 aliphatic carbocycles. The Kier molecular flexibility index (Phi) is 9.76. The van der Waals surface area contributed by atoms with Crippen molar-refractivity contribution in [2.75, 3.05) is 49.1 Å². The molecule has 2 fully saturated rings. The second-order valence-electron chi connectivity index (χ2n) is 15.4. The van der Waals surface area contributed by atoms with Gasteiger partial charge in [-0.2, -0.15) is 0 Å². The number of nitrogens with one attached hydrogen (secondary N) is 1. The monoisotopic (exact) mass is 719 g/mol. The second kappa shape index (κ2) is 14.8. The van der Waals surface area contributed by atoms with E-state index in [0.717, 1.165) is 94.2 Å². The van der Waals surface area contributed by atoms with E-state index < -0.39 is 11.9 Å². The molecule has 0 amide bonds. The van der Waals surface area contributed by atoms with Gasteiger partial charge in [0, 0.05) is 66.7 Å². The Bertz CT molecular complexity index is 2040. The van der Waals surface area contributed by atoms with Crippen LogP contribution in [-0.2, 0) is 11.2 Å². The van der Waals surface area contributed by atoms with E-state index >= 15 is 0 Å². The van der Waals surface area contributed by atoms with Crippen molar-refractivity contribution in [2.45, 2.75) is 77.2 Å². The van der Waals surface area contributed by atoms with Crippen molar-refractivity contribution >= 4 is 28.8 Å². The fourth-order valence-electron chi connectivity index (χ4n) is 8.72. The van der Waals surface area contributed by atoms with Crippen LogP contribution in [-0.4, -0.2) is 90.7 Å². The van der Waals surface area contributed by atoms with E-state index in [-0.39, 0.29) is 17.7 Å². The van der Waals surface area contributed by atoms with Gasteiger partial charge in [-0.05, 0) is 100 Å². The summed E-state index contributed by atoms with van der Waals surface area (Å²) in [5.41, 5.74) is 5.64. The quantitative estimate of drug-likeness (QED) is 0.143. The minimum atomic E-state index is -0.871. The molecule has 7 heterocycles. The minimum absolute atomic E-state index is 0.0479. The van der Waals surface area contributed by atoms with Gasteiger partial charge in [-0.15, -0.1) is 10.2 Å². The van der Waals surface area contributed by atoms with Crippen LogP contribution in [0.2, 0.25) is 0 Å². The third kappa shape index (κ3) is 7.06. The Morgan fingerprint density at radius 2 is 1.75 bits per heavy atom. The molecule has 0 saturated carbocycles. The van der Waals surface area contributed by atoms with Crippen LogP contribution in [0.25, 0.3) is 22.3 Å². The summed E-state index contributed by atoms with van der Waals surface area (Å²) in [5.74, 6) is 1.68. The van der Waals surface area contributed by atoms with Crippen LogP contribution in [0.15, 0.2) is 53.3 Å². The van der Waals surface area contributed by atoms with Gasteiger partial charge in [0.05, 0.1) is 11.7 Å². The summed E-state index contributed by atoms with van der Waals surface area (Å²) < 4.78 is 5.47. The van der Waals surface area contributed by atoms with Crippen molar-refractivity contribution in [1.29, 1.82) is 0 Å². The van der Waals surface area contributed by atoms with Crippen molar-refractivity contribution in [1.82, 2.24) is 35.2 Å². The van der Waals surface area contributed by atoms with Crippen LogP contribution in [0.1, 0.15) is 93.3 Å². The average Bonchev–Trinajstić information content (AvgIpc) is 3.80. The highest BCUT2D eigenvalue weighted by Crippen LogP contribution is 2.39. The summed E-state index contributed by atoms with van der Waals surface area (Å²) in [6.07, 6.45) is 10.6. The lowest BCUT2D eigenvalue weighted by atomic mass is 9.90. The Hall–Kier alpha value is -5.04. The molecule has 13 heteroatoms. The molecule has 2 saturated heterocycles. The number of piperidine rings is 2. The minimum Gasteiger partial charge on any atom is -0.507 e. The fourth-order valence-corrected chi connectivity index (χ4v) is 8.72. The Balaban J connectivity index is 0.824. The number of para-hydroxylation sites is 1. The first kappa shape index (κ1) is 35.0. The highest BCUT2D eigenvalue weighted by Gasteiger charge is 2.32. The molecule has 13 nitrogen and oxygen atoms in total. The molecule has 0 spiro atoms. The van der Waals surface area contributed by atoms with Gasteiger partial charge in [0.15, 0.2) is 17.2 Å². The zero-order valence-corrected chi connectivity index (χ0v) is 30.8. The van der Waals surface area contributed by atoms with Crippen molar-refractivity contribution in [2.24, 2.45) is 11.8 Å². The third-order valence-corrected chi connectivity index (χ3v) is 11.9. The average molecular weight is 720 g/mol. The third-order valence-electron chi connectivity index (χ3n) is 11.9. The van der Waals surface area contributed by atoms with Crippen molar-refractivity contribution in [3.8, 4) is 17.0 Å². The highest BCUT2D eigenvalue weighted by molar-refractivity contribution is 5.86. The van der Waals surface area contributed by atoms with Gasteiger partial charge >= 0.3 is 5.97 Å². The number of benzene rings is 1. The van der Waals surface area contributed by atoms with E-state index in [4.69, 9.17) is 14.5 Å². The van der Waals surface area contributed by atoms with Gasteiger partial charge in [-0.25, -0.2) is 9.97 Å². The SMILES string of the molecule is CC(C)C(C(=O)O)c1cc(N2CCC(CCN3CCC(c4cnc(N5CCc6[nH]c7nnc(-c8ccccc8O)cc7c6[C@@H]5C)nc4)CC3)CC2)no1. The van der Waals surface area contributed by atoms with Gasteiger partial charge in [-0.3, -0.25) is 4.79 Å². The van der Waals surface area contributed by atoms with E-state index in [1.54, 1.807) is 12.1 Å². The van der Waals surface area contributed by atoms with Crippen LogP contribution in [0, 0.1) is 11.8 Å². The van der Waals surface area contributed by atoms with Crippen molar-refractivity contribution < 1.29 is 19.5 Å². The molecular formula is C40H49N9O4. The van der Waals surface area contributed by atoms with E-state index in [1.807, 2.05) is 50.5 Å². The summed E-state index contributed by atoms with van der Waals surface area (Å²) in [7, 11) is 0. The Labute approximate surface area is 309 Å². The number of H-pyrrole nitrogens is 1. The number of rotatable bonds is 10. The first-order valence-electron chi connectivity index (χ1n) is 19.1. The van der Waals surface area contributed by atoms with E-state index in [9.17, 15) is 15.0 Å². The number of phenols is 1. The molecule has 2 atom stereocenters. The van der Waals surface area contributed by atoms with Gasteiger partial charge in [0.1, 0.15) is 11.7 Å². The number of aromatic hydroxyl groups is 1. The molecule has 5 aromatic rings. The van der Waals surface area contributed by atoms with Crippen molar-refractivity contribution in [3.05, 3.63) is 71.4 Å². The number of carbonyl (C=O) groups is 1. The maximum atomic E-state index is 11.7. The molecule has 0 radical (unpaired) electrons. The molecule has 3 aliphatic heterocycles. The molecule has 0 bridgehead atoms. The number of hydrogen-bond acceptors (Lipinski definition) is 11. The molecule has 278 valence electrons. The smallest absolute Gasteiger partial charge is 0.314 e. The number of aliphatic carboxylic acids is 1. The van der Waals surface area contributed by atoms with E-state index in [1.165, 1.54) is 23.2 Å². The summed E-state index contributed by atoms with van der Waals surface area (Å²) >= 11 is 0. The molecule has 3 aliphatic rings. The lowest BCUT2D eigenvalue weighted by Gasteiger charge is -2.35. The molecule has 1 aromatic carbocycles. The van der Waals surface area contributed by atoms with Gasteiger partial charge in [0.25, 0.3) is 0 Å². The first-order chi connectivity index (χ1) is 25.7. The topological polar surface area (TPSA) is 161 Å². The van der Waals surface area contributed by atoms with Gasteiger partial charge in [0.2, 0.25) is 5.95 Å². The number of aromatic amines is 1. The lowest BCUT2D eigenvalue weighted by Crippen LogP contribution is -2.37. The highest BCUT2D eigenvalue weighted by atomic mass is 16.5. The molecular weight excluding hydrogens is 670 g/mol. The fraction of sp³-hybridized carbons (Fsp3) is 0.500. The number of carboxylic acid groups (broad SMARTS) is 1. The van der Waals surface area contributed by atoms with Crippen LogP contribution in [0.4, 0.5) is 11.8 Å². The number of anilines is 2. The largest absolute Gasteiger partial charge is 0.507 e. The predicted molar refractivity (Wildman–Crippen MR) is 202 cm³/mol. The Morgan fingerprint density at radius 3 is 2.47 bits per heavy atom. The standard InChI is InChI=1S/C40H49N9O4/c1-24(2)36(39(51)52)34-21-35(46-53-34)48-17-9-26(10-18-48)8-14-47-15-11-27(12-16-47)28-22-41-40(42-23-28)49-19-13-31-37(25(49)3)30-20-32(44-45-38(30)43-31)29-6-4-5-7-33(29)50/h4-7,20-27,36,50H,8-19H2,1-3H3,(H,43,45)(H,51,52)/t25-,36?/m0/s1. The second-order valence-corrected chi connectivity index (χ2v) is 15.4. The number of fused-ring (bicyclic) bond motifs is 3. The summed E-state index contributed by atoms with van der Waals surface area (Å²) in [5, 5.41) is 34.1. The number of carboxylic acids is 1. The predicted octanol–water partition coefficient (Wildman–Crippen LogP) is 6.54. The van der Waals surface area contributed by atoms with E-state index in [0.29, 0.717) is 28.9 Å². The zero-order chi connectivity index (χ0) is 36.6. The summed E-state index contributed by atoms with van der Waals surface area (Å²) in [6, 6.07) is 11.1. The zero-order valence-electron chi connectivity index (χ0n) is 30.8. The normalized spacial score (nSPS) is 19.6.